The zero-order chi connectivity index (χ0) is 21.0. The highest BCUT2D eigenvalue weighted by Gasteiger charge is 2.31. The first-order valence-corrected chi connectivity index (χ1v) is 9.70. The van der Waals surface area contributed by atoms with Crippen LogP contribution in [0.15, 0.2) is 29.8 Å². The van der Waals surface area contributed by atoms with E-state index in [9.17, 15) is 23.2 Å². The molecule has 0 spiro atoms. The molecule has 156 valence electrons. The van der Waals surface area contributed by atoms with Crippen molar-refractivity contribution in [3.8, 4) is 6.07 Å². The van der Waals surface area contributed by atoms with E-state index in [0.717, 1.165) is 30.5 Å². The number of benzene rings is 1. The third-order valence-corrected chi connectivity index (χ3v) is 5.65. The molecule has 0 saturated carbocycles. The maximum Gasteiger partial charge on any atom is 0.416 e. The SMILES string of the molecule is COC1CCN(C(=O)N2CCC(=C(C#N)c3ccc(C(F)(F)F)cc3)CC2)CC1. The van der Waals surface area contributed by atoms with Crippen LogP contribution in [0, 0.1) is 11.3 Å². The number of hydrogen-bond acceptors (Lipinski definition) is 3. The van der Waals surface area contributed by atoms with Crippen molar-refractivity contribution in [3.63, 3.8) is 0 Å². The van der Waals surface area contributed by atoms with Gasteiger partial charge < -0.3 is 14.5 Å². The van der Waals surface area contributed by atoms with Gasteiger partial charge in [-0.05, 0) is 49.0 Å². The number of carbonyl (C=O) groups is 1. The van der Waals surface area contributed by atoms with Crippen LogP contribution in [0.2, 0.25) is 0 Å². The van der Waals surface area contributed by atoms with Crippen molar-refractivity contribution in [1.29, 1.82) is 5.26 Å². The first-order chi connectivity index (χ1) is 13.8. The smallest absolute Gasteiger partial charge is 0.381 e. The Bertz CT molecular complexity index is 794. The number of rotatable bonds is 2. The van der Waals surface area contributed by atoms with Crippen molar-refractivity contribution in [3.05, 3.63) is 41.0 Å². The largest absolute Gasteiger partial charge is 0.416 e. The average Bonchev–Trinajstić information content (AvgIpc) is 2.74. The van der Waals surface area contributed by atoms with Crippen molar-refractivity contribution < 1.29 is 22.7 Å². The van der Waals surface area contributed by atoms with Gasteiger partial charge in [0.1, 0.15) is 0 Å². The van der Waals surface area contributed by atoms with Crippen LogP contribution in [-0.2, 0) is 10.9 Å². The van der Waals surface area contributed by atoms with Crippen LogP contribution in [0.5, 0.6) is 0 Å². The number of hydrogen-bond donors (Lipinski definition) is 0. The number of allylic oxidation sites excluding steroid dienone is 1. The minimum absolute atomic E-state index is 0.00615. The fourth-order valence-electron chi connectivity index (χ4n) is 3.87. The van der Waals surface area contributed by atoms with E-state index >= 15 is 0 Å². The second-order valence-electron chi connectivity index (χ2n) is 7.36. The molecule has 0 N–H and O–H groups in total. The highest BCUT2D eigenvalue weighted by atomic mass is 19.4. The van der Waals surface area contributed by atoms with Gasteiger partial charge in [0.05, 0.1) is 23.3 Å². The maximum atomic E-state index is 12.7. The summed E-state index contributed by atoms with van der Waals surface area (Å²) in [5.74, 6) is 0. The molecule has 0 aliphatic carbocycles. The molecule has 0 radical (unpaired) electrons. The zero-order valence-corrected chi connectivity index (χ0v) is 16.3. The molecule has 8 heteroatoms. The van der Waals surface area contributed by atoms with Crippen molar-refractivity contribution >= 4 is 11.6 Å². The van der Waals surface area contributed by atoms with E-state index in [1.54, 1.807) is 12.0 Å². The standard InChI is InChI=1S/C21H24F3N3O2/c1-29-18-8-12-27(13-9-18)20(28)26-10-6-16(7-11-26)19(14-25)15-2-4-17(5-3-15)21(22,23)24/h2-5,18H,6-13H2,1H3. The highest BCUT2D eigenvalue weighted by molar-refractivity contribution is 5.80. The summed E-state index contributed by atoms with van der Waals surface area (Å²) >= 11 is 0. The fraction of sp³-hybridized carbons (Fsp3) is 0.524. The Labute approximate surface area is 168 Å². The molecule has 3 rings (SSSR count). The molecule has 0 atom stereocenters. The molecule has 2 fully saturated rings. The molecule has 2 heterocycles. The summed E-state index contributed by atoms with van der Waals surface area (Å²) in [6.07, 6.45) is -1.45. The Kier molecular flexibility index (Phi) is 6.48. The van der Waals surface area contributed by atoms with E-state index in [0.29, 0.717) is 50.2 Å². The molecule has 0 unspecified atom stereocenters. The van der Waals surface area contributed by atoms with Gasteiger partial charge >= 0.3 is 12.2 Å². The molecular formula is C21H24F3N3O2. The lowest BCUT2D eigenvalue weighted by Crippen LogP contribution is -2.49. The molecule has 2 saturated heterocycles. The maximum absolute atomic E-state index is 12.7. The number of alkyl halides is 3. The van der Waals surface area contributed by atoms with Gasteiger partial charge in [-0.1, -0.05) is 12.1 Å². The Hall–Kier alpha value is -2.53. The van der Waals surface area contributed by atoms with E-state index in [1.165, 1.54) is 12.1 Å². The number of piperidine rings is 2. The molecule has 2 aliphatic heterocycles. The minimum Gasteiger partial charge on any atom is -0.381 e. The zero-order valence-electron chi connectivity index (χ0n) is 16.3. The summed E-state index contributed by atoms with van der Waals surface area (Å²) < 4.78 is 43.6. The summed E-state index contributed by atoms with van der Waals surface area (Å²) in [7, 11) is 1.68. The van der Waals surface area contributed by atoms with Gasteiger partial charge in [-0.2, -0.15) is 18.4 Å². The number of halogens is 3. The van der Waals surface area contributed by atoms with Gasteiger partial charge in [-0.3, -0.25) is 0 Å². The van der Waals surface area contributed by atoms with Crippen molar-refractivity contribution in [2.45, 2.75) is 38.0 Å². The van der Waals surface area contributed by atoms with Crippen LogP contribution in [0.25, 0.3) is 5.57 Å². The quantitative estimate of drug-likeness (QED) is 0.687. The molecular weight excluding hydrogens is 383 g/mol. The van der Waals surface area contributed by atoms with E-state index in [-0.39, 0.29) is 12.1 Å². The van der Waals surface area contributed by atoms with Crippen molar-refractivity contribution in [2.75, 3.05) is 33.3 Å². The van der Waals surface area contributed by atoms with Crippen LogP contribution in [0.3, 0.4) is 0 Å². The molecule has 29 heavy (non-hydrogen) atoms. The third-order valence-electron chi connectivity index (χ3n) is 5.65. The first kappa shape index (κ1) is 21.2. The molecule has 0 aromatic heterocycles. The number of amides is 2. The van der Waals surface area contributed by atoms with Crippen molar-refractivity contribution in [2.24, 2.45) is 0 Å². The third kappa shape index (κ3) is 4.91. The number of urea groups is 1. The summed E-state index contributed by atoms with van der Waals surface area (Å²) in [6, 6.07) is 6.81. The number of likely N-dealkylation sites (tertiary alicyclic amines) is 2. The average molecular weight is 407 g/mol. The summed E-state index contributed by atoms with van der Waals surface area (Å²) in [6.45, 7) is 2.35. The van der Waals surface area contributed by atoms with E-state index in [4.69, 9.17) is 4.74 Å². The monoisotopic (exact) mass is 407 g/mol. The second-order valence-corrected chi connectivity index (χ2v) is 7.36. The molecule has 1 aromatic rings. The van der Waals surface area contributed by atoms with Gasteiger partial charge in [-0.15, -0.1) is 0 Å². The van der Waals surface area contributed by atoms with Crippen LogP contribution < -0.4 is 0 Å². The number of methoxy groups -OCH3 is 1. The predicted molar refractivity (Wildman–Crippen MR) is 102 cm³/mol. The molecule has 2 amide bonds. The second kappa shape index (κ2) is 8.87. The van der Waals surface area contributed by atoms with Crippen LogP contribution >= 0.6 is 0 Å². The molecule has 0 bridgehead atoms. The summed E-state index contributed by atoms with van der Waals surface area (Å²) in [5.41, 5.74) is 1.04. The van der Waals surface area contributed by atoms with E-state index in [1.807, 2.05) is 4.90 Å². The van der Waals surface area contributed by atoms with Gasteiger partial charge in [0, 0.05) is 33.3 Å². The first-order valence-electron chi connectivity index (χ1n) is 9.70. The molecule has 1 aromatic carbocycles. The van der Waals surface area contributed by atoms with Gasteiger partial charge in [0.2, 0.25) is 0 Å². The topological polar surface area (TPSA) is 56.6 Å². The van der Waals surface area contributed by atoms with Gasteiger partial charge in [-0.25, -0.2) is 4.79 Å². The molecule has 5 nitrogen and oxygen atoms in total. The van der Waals surface area contributed by atoms with E-state index in [2.05, 4.69) is 6.07 Å². The Morgan fingerprint density at radius 3 is 2.10 bits per heavy atom. The van der Waals surface area contributed by atoms with E-state index < -0.39 is 11.7 Å². The van der Waals surface area contributed by atoms with Crippen molar-refractivity contribution in [1.82, 2.24) is 9.80 Å². The van der Waals surface area contributed by atoms with Crippen LogP contribution in [0.4, 0.5) is 18.0 Å². The van der Waals surface area contributed by atoms with Crippen LogP contribution in [-0.4, -0.2) is 55.2 Å². The number of carbonyl (C=O) groups excluding carboxylic acids is 1. The number of ether oxygens (including phenoxy) is 1. The lowest BCUT2D eigenvalue weighted by molar-refractivity contribution is -0.137. The lowest BCUT2D eigenvalue weighted by atomic mass is 9.93. The number of nitrogens with zero attached hydrogens (tertiary/aromatic N) is 3. The Balaban J connectivity index is 1.64. The van der Waals surface area contributed by atoms with Crippen LogP contribution in [0.1, 0.15) is 36.8 Å². The molecule has 2 aliphatic rings. The van der Waals surface area contributed by atoms with Gasteiger partial charge in [0.15, 0.2) is 0 Å². The van der Waals surface area contributed by atoms with Gasteiger partial charge in [0.25, 0.3) is 0 Å². The normalized spacial score (nSPS) is 18.5. The fourth-order valence-corrected chi connectivity index (χ4v) is 3.87. The lowest BCUT2D eigenvalue weighted by Gasteiger charge is -2.37. The Morgan fingerprint density at radius 2 is 1.62 bits per heavy atom. The Morgan fingerprint density at radius 1 is 1.07 bits per heavy atom. The minimum atomic E-state index is -4.40. The number of nitriles is 1. The highest BCUT2D eigenvalue weighted by Crippen LogP contribution is 2.32. The summed E-state index contributed by atoms with van der Waals surface area (Å²) in [5, 5.41) is 9.56. The predicted octanol–water partition coefficient (Wildman–Crippen LogP) is 4.31. The summed E-state index contributed by atoms with van der Waals surface area (Å²) in [4.78, 5) is 16.3.